The summed E-state index contributed by atoms with van der Waals surface area (Å²) in [5.41, 5.74) is -0.604. The standard InChI is InChI=1S/C15H27N3O4S/c1-15(2,3)22-14(21)17-11-8-9(12(23)18(4)5)6-7-10(11)16-13(19)20/h9-11,16H,6-8H2,1-5H3,(H,17,21)(H,19,20)/t9-,10-,11-/m0/s1. The lowest BCUT2D eigenvalue weighted by atomic mass is 9.82. The van der Waals surface area contributed by atoms with Gasteiger partial charge >= 0.3 is 12.2 Å². The second-order valence-corrected chi connectivity index (χ2v) is 7.47. The van der Waals surface area contributed by atoms with Gasteiger partial charge in [0.05, 0.1) is 17.1 Å². The maximum atomic E-state index is 12.0. The van der Waals surface area contributed by atoms with E-state index in [0.29, 0.717) is 12.8 Å². The first-order valence-electron chi connectivity index (χ1n) is 7.69. The summed E-state index contributed by atoms with van der Waals surface area (Å²) in [6.45, 7) is 5.35. The Morgan fingerprint density at radius 1 is 1.17 bits per heavy atom. The number of alkyl carbamates (subject to hydrolysis) is 1. The summed E-state index contributed by atoms with van der Waals surface area (Å²) in [5.74, 6) is 0.131. The molecular weight excluding hydrogens is 318 g/mol. The minimum Gasteiger partial charge on any atom is -0.465 e. The number of carbonyl (C=O) groups is 2. The number of hydrogen-bond donors (Lipinski definition) is 3. The van der Waals surface area contributed by atoms with Crippen LogP contribution >= 0.6 is 12.2 Å². The number of hydrogen-bond acceptors (Lipinski definition) is 4. The molecule has 1 aliphatic rings. The van der Waals surface area contributed by atoms with Gasteiger partial charge in [-0.05, 0) is 40.0 Å². The minimum atomic E-state index is -1.10. The largest absolute Gasteiger partial charge is 0.465 e. The van der Waals surface area contributed by atoms with E-state index in [0.717, 1.165) is 11.4 Å². The average Bonchev–Trinajstić information content (AvgIpc) is 2.36. The van der Waals surface area contributed by atoms with Crippen LogP contribution in [0, 0.1) is 5.92 Å². The Morgan fingerprint density at radius 3 is 2.26 bits per heavy atom. The molecule has 1 saturated carbocycles. The van der Waals surface area contributed by atoms with Crippen LogP contribution in [0.3, 0.4) is 0 Å². The number of nitrogens with one attached hydrogen (secondary N) is 2. The van der Waals surface area contributed by atoms with E-state index in [1.165, 1.54) is 0 Å². The van der Waals surface area contributed by atoms with Gasteiger partial charge in [-0.15, -0.1) is 0 Å². The highest BCUT2D eigenvalue weighted by Crippen LogP contribution is 2.27. The van der Waals surface area contributed by atoms with Crippen molar-refractivity contribution in [3.63, 3.8) is 0 Å². The van der Waals surface area contributed by atoms with E-state index in [1.54, 1.807) is 20.8 Å². The highest BCUT2D eigenvalue weighted by Gasteiger charge is 2.35. The lowest BCUT2D eigenvalue weighted by Crippen LogP contribution is -2.56. The molecule has 0 heterocycles. The molecule has 3 N–H and O–H groups in total. The van der Waals surface area contributed by atoms with Crippen LogP contribution in [0.5, 0.6) is 0 Å². The molecule has 1 aliphatic carbocycles. The first-order valence-corrected chi connectivity index (χ1v) is 8.10. The van der Waals surface area contributed by atoms with Crippen LogP contribution < -0.4 is 10.6 Å². The molecule has 132 valence electrons. The molecule has 0 aromatic rings. The Hall–Kier alpha value is -1.57. The lowest BCUT2D eigenvalue weighted by molar-refractivity contribution is 0.0472. The summed E-state index contributed by atoms with van der Waals surface area (Å²) < 4.78 is 5.27. The zero-order valence-electron chi connectivity index (χ0n) is 14.4. The first kappa shape index (κ1) is 19.5. The van der Waals surface area contributed by atoms with Crippen molar-refractivity contribution in [3.05, 3.63) is 0 Å². The fourth-order valence-corrected chi connectivity index (χ4v) is 2.92. The number of nitrogens with zero attached hydrogens (tertiary/aromatic N) is 1. The van der Waals surface area contributed by atoms with Gasteiger partial charge in [0, 0.05) is 20.0 Å². The Bertz CT molecular complexity index is 462. The van der Waals surface area contributed by atoms with Crippen LogP contribution in [0.2, 0.25) is 0 Å². The molecule has 0 unspecified atom stereocenters. The van der Waals surface area contributed by atoms with Crippen molar-refractivity contribution >= 4 is 29.4 Å². The summed E-state index contributed by atoms with van der Waals surface area (Å²) in [7, 11) is 3.78. The van der Waals surface area contributed by atoms with Crippen molar-refractivity contribution in [2.75, 3.05) is 14.1 Å². The van der Waals surface area contributed by atoms with E-state index in [-0.39, 0.29) is 18.0 Å². The van der Waals surface area contributed by atoms with Crippen molar-refractivity contribution in [3.8, 4) is 0 Å². The van der Waals surface area contributed by atoms with Crippen molar-refractivity contribution in [1.82, 2.24) is 15.5 Å². The summed E-state index contributed by atoms with van der Waals surface area (Å²) in [4.78, 5) is 25.7. The third kappa shape index (κ3) is 6.60. The quantitative estimate of drug-likeness (QED) is 0.679. The van der Waals surface area contributed by atoms with E-state index in [2.05, 4.69) is 10.6 Å². The molecular formula is C15H27N3O4S. The average molecular weight is 345 g/mol. The molecule has 0 aromatic heterocycles. The number of carbonyl (C=O) groups excluding carboxylic acids is 1. The van der Waals surface area contributed by atoms with Gasteiger partial charge in [-0.25, -0.2) is 9.59 Å². The second-order valence-electron chi connectivity index (χ2n) is 7.05. The zero-order valence-corrected chi connectivity index (χ0v) is 15.2. The summed E-state index contributed by atoms with van der Waals surface area (Å²) in [6, 6.07) is -0.696. The van der Waals surface area contributed by atoms with Crippen LogP contribution in [0.1, 0.15) is 40.0 Å². The third-order valence-corrected chi connectivity index (χ3v) is 4.35. The van der Waals surface area contributed by atoms with Crippen LogP contribution in [-0.4, -0.2) is 59.0 Å². The van der Waals surface area contributed by atoms with Gasteiger partial charge in [0.15, 0.2) is 0 Å². The highest BCUT2D eigenvalue weighted by atomic mass is 32.1. The molecule has 0 aliphatic heterocycles. The van der Waals surface area contributed by atoms with Gasteiger partial charge in [0.25, 0.3) is 0 Å². The number of thiocarbonyl (C=S) groups is 1. The Kier molecular flexibility index (Phi) is 6.61. The van der Waals surface area contributed by atoms with Crippen molar-refractivity contribution in [2.24, 2.45) is 5.92 Å². The molecule has 3 atom stereocenters. The molecule has 1 rings (SSSR count). The molecule has 8 heteroatoms. The maximum absolute atomic E-state index is 12.0. The molecule has 0 spiro atoms. The van der Waals surface area contributed by atoms with Crippen molar-refractivity contribution < 1.29 is 19.4 Å². The van der Waals surface area contributed by atoms with Crippen LogP contribution in [0.15, 0.2) is 0 Å². The summed E-state index contributed by atoms with van der Waals surface area (Å²) in [6.07, 6.45) is 0.344. The topological polar surface area (TPSA) is 90.9 Å². The van der Waals surface area contributed by atoms with Crippen LogP contribution in [-0.2, 0) is 4.74 Å². The lowest BCUT2D eigenvalue weighted by Gasteiger charge is -2.38. The predicted octanol–water partition coefficient (Wildman–Crippen LogP) is 2.21. The molecule has 0 radical (unpaired) electrons. The van der Waals surface area contributed by atoms with Crippen molar-refractivity contribution in [2.45, 2.75) is 57.7 Å². The molecule has 23 heavy (non-hydrogen) atoms. The number of amides is 2. The Morgan fingerprint density at radius 2 is 1.78 bits per heavy atom. The monoisotopic (exact) mass is 345 g/mol. The summed E-state index contributed by atoms with van der Waals surface area (Å²) >= 11 is 5.42. The van der Waals surface area contributed by atoms with Gasteiger partial charge in [0.2, 0.25) is 0 Å². The van der Waals surface area contributed by atoms with Crippen LogP contribution in [0.25, 0.3) is 0 Å². The predicted molar refractivity (Wildman–Crippen MR) is 91.7 cm³/mol. The normalized spacial score (nSPS) is 24.5. The fraction of sp³-hybridized carbons (Fsp3) is 0.800. The van der Waals surface area contributed by atoms with E-state index >= 15 is 0 Å². The first-order chi connectivity index (χ1) is 10.5. The van der Waals surface area contributed by atoms with Crippen LogP contribution in [0.4, 0.5) is 9.59 Å². The van der Waals surface area contributed by atoms with Gasteiger partial charge in [-0.2, -0.15) is 0 Å². The molecule has 0 bridgehead atoms. The minimum absolute atomic E-state index is 0.131. The fourth-order valence-electron chi connectivity index (χ4n) is 2.71. The van der Waals surface area contributed by atoms with Gasteiger partial charge in [0.1, 0.15) is 5.60 Å². The van der Waals surface area contributed by atoms with E-state index in [9.17, 15) is 9.59 Å². The maximum Gasteiger partial charge on any atom is 0.407 e. The van der Waals surface area contributed by atoms with Gasteiger partial charge in [-0.1, -0.05) is 12.2 Å². The van der Waals surface area contributed by atoms with Crippen molar-refractivity contribution in [1.29, 1.82) is 0 Å². The Balaban J connectivity index is 2.78. The number of ether oxygens (including phenoxy) is 1. The molecule has 1 fully saturated rings. The third-order valence-electron chi connectivity index (χ3n) is 3.65. The molecule has 0 aromatic carbocycles. The number of rotatable bonds is 3. The summed E-state index contributed by atoms with van der Waals surface area (Å²) in [5, 5.41) is 14.2. The second kappa shape index (κ2) is 7.81. The number of carboxylic acid groups (broad SMARTS) is 1. The Labute approximate surface area is 142 Å². The van der Waals surface area contributed by atoms with E-state index in [1.807, 2.05) is 19.0 Å². The highest BCUT2D eigenvalue weighted by molar-refractivity contribution is 7.80. The smallest absolute Gasteiger partial charge is 0.407 e. The molecule has 0 saturated heterocycles. The molecule has 7 nitrogen and oxygen atoms in total. The van der Waals surface area contributed by atoms with E-state index in [4.69, 9.17) is 22.1 Å². The SMILES string of the molecule is CN(C)C(=S)[C@H]1CC[C@H](NC(=O)O)[C@@H](NC(=O)OC(C)(C)C)C1. The van der Waals surface area contributed by atoms with E-state index < -0.39 is 17.8 Å². The van der Waals surface area contributed by atoms with Gasteiger partial charge in [-0.3, -0.25) is 0 Å². The molecule has 2 amide bonds. The van der Waals surface area contributed by atoms with Gasteiger partial charge < -0.3 is 25.4 Å². The zero-order chi connectivity index (χ0) is 17.8.